The van der Waals surface area contributed by atoms with Crippen molar-refractivity contribution in [3.05, 3.63) is 12.3 Å². The molecule has 1 aliphatic rings. The molecule has 1 heterocycles. The van der Waals surface area contributed by atoms with E-state index in [1.54, 1.807) is 6.92 Å². The molecular formula is C12H22N2OS. The summed E-state index contributed by atoms with van der Waals surface area (Å²) in [6.45, 7) is 8.64. The van der Waals surface area contributed by atoms with Crippen LogP contribution in [0.4, 0.5) is 0 Å². The second-order valence-electron chi connectivity index (χ2n) is 4.27. The number of hydrogen-bond acceptors (Lipinski definition) is 3. The van der Waals surface area contributed by atoms with Crippen LogP contribution in [-0.4, -0.2) is 35.5 Å². The normalized spacial score (nSPS) is 26.4. The number of hydrogen-bond donors (Lipinski definition) is 3. The average molecular weight is 242 g/mol. The van der Waals surface area contributed by atoms with Gasteiger partial charge in [0.25, 0.3) is 0 Å². The van der Waals surface area contributed by atoms with Gasteiger partial charge in [0.2, 0.25) is 0 Å². The molecule has 1 saturated heterocycles. The fraction of sp³-hybridized carbons (Fsp3) is 0.667. The zero-order valence-electron chi connectivity index (χ0n) is 10.1. The molecule has 4 heteroatoms. The SMILES string of the molecule is C=[SH]C1CNC(C(=C)NC(CC)C(C)=O)C1. The van der Waals surface area contributed by atoms with Crippen LogP contribution in [0.5, 0.6) is 0 Å². The van der Waals surface area contributed by atoms with Gasteiger partial charge in [0.05, 0.1) is 6.04 Å². The quantitative estimate of drug-likeness (QED) is 0.482. The summed E-state index contributed by atoms with van der Waals surface area (Å²) >= 11 is 1.18. The Balaban J connectivity index is 2.46. The lowest BCUT2D eigenvalue weighted by molar-refractivity contribution is -0.118. The van der Waals surface area contributed by atoms with Crippen LogP contribution in [0.25, 0.3) is 0 Å². The van der Waals surface area contributed by atoms with Crippen molar-refractivity contribution in [2.75, 3.05) is 6.54 Å². The molecule has 3 unspecified atom stereocenters. The number of carbonyl (C=O) groups is 1. The van der Waals surface area contributed by atoms with Crippen LogP contribution in [0, 0.1) is 0 Å². The Morgan fingerprint density at radius 2 is 2.38 bits per heavy atom. The fourth-order valence-electron chi connectivity index (χ4n) is 1.94. The first kappa shape index (κ1) is 13.5. The third kappa shape index (κ3) is 3.46. The Bertz CT molecular complexity index is 291. The maximum atomic E-state index is 11.3. The molecule has 1 rings (SSSR count). The van der Waals surface area contributed by atoms with Gasteiger partial charge in [-0.1, -0.05) is 19.4 Å². The van der Waals surface area contributed by atoms with E-state index in [1.807, 2.05) is 6.92 Å². The molecule has 3 atom stereocenters. The minimum absolute atomic E-state index is 0.0920. The van der Waals surface area contributed by atoms with Gasteiger partial charge in [-0.05, 0) is 19.8 Å². The van der Waals surface area contributed by atoms with Crippen molar-refractivity contribution < 1.29 is 4.79 Å². The van der Waals surface area contributed by atoms with Gasteiger partial charge < -0.3 is 10.6 Å². The Morgan fingerprint density at radius 1 is 1.69 bits per heavy atom. The lowest BCUT2D eigenvalue weighted by Crippen LogP contribution is -2.40. The Morgan fingerprint density at radius 3 is 2.81 bits per heavy atom. The molecule has 1 aliphatic heterocycles. The highest BCUT2D eigenvalue weighted by molar-refractivity contribution is 7.97. The van der Waals surface area contributed by atoms with Crippen LogP contribution >= 0.6 is 11.4 Å². The molecule has 0 aromatic heterocycles. The number of carbonyl (C=O) groups excluding carboxylic acids is 1. The molecule has 0 aromatic carbocycles. The summed E-state index contributed by atoms with van der Waals surface area (Å²) in [5, 5.41) is 7.24. The molecule has 16 heavy (non-hydrogen) atoms. The van der Waals surface area contributed by atoms with Gasteiger partial charge >= 0.3 is 0 Å². The van der Waals surface area contributed by atoms with Crippen molar-refractivity contribution in [2.45, 2.75) is 44.0 Å². The van der Waals surface area contributed by atoms with Gasteiger partial charge in [0, 0.05) is 23.5 Å². The molecule has 1 fully saturated rings. The molecule has 0 saturated carbocycles. The van der Waals surface area contributed by atoms with Crippen molar-refractivity contribution in [1.29, 1.82) is 0 Å². The summed E-state index contributed by atoms with van der Waals surface area (Å²) < 4.78 is 0. The molecule has 0 amide bonds. The van der Waals surface area contributed by atoms with Crippen LogP contribution in [-0.2, 0) is 4.79 Å². The summed E-state index contributed by atoms with van der Waals surface area (Å²) in [7, 11) is 0. The molecule has 2 N–H and O–H groups in total. The van der Waals surface area contributed by atoms with E-state index in [0.717, 1.165) is 25.1 Å². The number of ketones is 1. The molecule has 0 radical (unpaired) electrons. The van der Waals surface area contributed by atoms with Crippen LogP contribution in [0.3, 0.4) is 0 Å². The van der Waals surface area contributed by atoms with E-state index in [9.17, 15) is 4.79 Å². The minimum Gasteiger partial charge on any atom is -0.378 e. The second-order valence-corrected chi connectivity index (χ2v) is 5.37. The molecule has 0 aromatic rings. The highest BCUT2D eigenvalue weighted by Crippen LogP contribution is 2.18. The molecule has 3 nitrogen and oxygen atoms in total. The van der Waals surface area contributed by atoms with Gasteiger partial charge in [0.1, 0.15) is 0 Å². The Hall–Kier alpha value is -0.610. The van der Waals surface area contributed by atoms with Crippen molar-refractivity contribution in [3.8, 4) is 0 Å². The average Bonchev–Trinajstić information content (AvgIpc) is 2.73. The van der Waals surface area contributed by atoms with E-state index in [2.05, 4.69) is 23.1 Å². The van der Waals surface area contributed by atoms with Gasteiger partial charge in [-0.15, -0.1) is 0 Å². The summed E-state index contributed by atoms with van der Waals surface area (Å²) in [6.07, 6.45) is 1.86. The zero-order chi connectivity index (χ0) is 12.1. The molecular weight excluding hydrogens is 220 g/mol. The summed E-state index contributed by atoms with van der Waals surface area (Å²) in [5.41, 5.74) is 0.938. The zero-order valence-corrected chi connectivity index (χ0v) is 11.0. The Labute approximate surface area is 102 Å². The van der Waals surface area contributed by atoms with Crippen LogP contribution in [0.2, 0.25) is 0 Å². The Kier molecular flexibility index (Phi) is 5.22. The van der Waals surface area contributed by atoms with Gasteiger partial charge in [-0.25, -0.2) is 11.4 Å². The third-order valence-electron chi connectivity index (χ3n) is 3.05. The first-order valence-corrected chi connectivity index (χ1v) is 6.88. The number of thiol groups is 1. The van der Waals surface area contributed by atoms with E-state index < -0.39 is 0 Å². The molecule has 92 valence electrons. The summed E-state index contributed by atoms with van der Waals surface area (Å²) in [6, 6.07) is 0.193. The first-order valence-electron chi connectivity index (χ1n) is 5.73. The van der Waals surface area contributed by atoms with E-state index >= 15 is 0 Å². The standard InChI is InChI=1S/C12H22N2OS/c1-5-11(9(3)15)14-8(2)12-6-10(16-4)7-13-12/h10-14,16H,2,4-7H2,1,3H3. The van der Waals surface area contributed by atoms with Crippen molar-refractivity contribution in [3.63, 3.8) is 0 Å². The van der Waals surface area contributed by atoms with E-state index in [0.29, 0.717) is 5.25 Å². The fourth-order valence-corrected chi connectivity index (χ4v) is 2.53. The number of nitrogens with one attached hydrogen (secondary N) is 2. The van der Waals surface area contributed by atoms with E-state index in [1.165, 1.54) is 11.4 Å². The number of Topliss-reactive ketones (excluding diaryl/α,β-unsaturated/α-hetero) is 1. The maximum Gasteiger partial charge on any atom is 0.151 e. The van der Waals surface area contributed by atoms with Crippen molar-refractivity contribution in [1.82, 2.24) is 10.6 Å². The molecule has 0 spiro atoms. The van der Waals surface area contributed by atoms with Crippen molar-refractivity contribution in [2.24, 2.45) is 0 Å². The topological polar surface area (TPSA) is 41.1 Å². The highest BCUT2D eigenvalue weighted by atomic mass is 32.1. The van der Waals surface area contributed by atoms with Crippen LogP contribution in [0.1, 0.15) is 26.7 Å². The smallest absolute Gasteiger partial charge is 0.151 e. The van der Waals surface area contributed by atoms with Crippen LogP contribution in [0.15, 0.2) is 12.3 Å². The van der Waals surface area contributed by atoms with E-state index in [-0.39, 0.29) is 17.9 Å². The van der Waals surface area contributed by atoms with Gasteiger partial charge in [0.15, 0.2) is 5.78 Å². The lowest BCUT2D eigenvalue weighted by atomic mass is 10.1. The van der Waals surface area contributed by atoms with Gasteiger partial charge in [-0.3, -0.25) is 4.79 Å². The predicted octanol–water partition coefficient (Wildman–Crippen LogP) is 1.09. The monoisotopic (exact) mass is 242 g/mol. The maximum absolute atomic E-state index is 11.3. The summed E-state index contributed by atoms with van der Waals surface area (Å²) in [4.78, 5) is 11.3. The second kappa shape index (κ2) is 6.21. The largest absolute Gasteiger partial charge is 0.378 e. The molecule has 0 bridgehead atoms. The van der Waals surface area contributed by atoms with Crippen molar-refractivity contribution >= 4 is 23.0 Å². The number of rotatable bonds is 6. The summed E-state index contributed by atoms with van der Waals surface area (Å²) in [5.74, 6) is 4.07. The van der Waals surface area contributed by atoms with Gasteiger partial charge in [-0.2, -0.15) is 0 Å². The van der Waals surface area contributed by atoms with Crippen LogP contribution < -0.4 is 10.6 Å². The first-order chi connectivity index (χ1) is 7.58. The van der Waals surface area contributed by atoms with E-state index in [4.69, 9.17) is 0 Å². The predicted molar refractivity (Wildman–Crippen MR) is 73.3 cm³/mol. The third-order valence-corrected chi connectivity index (χ3v) is 3.95. The highest BCUT2D eigenvalue weighted by Gasteiger charge is 2.25. The lowest BCUT2D eigenvalue weighted by Gasteiger charge is -2.21. The molecule has 0 aliphatic carbocycles. The minimum atomic E-state index is -0.0920.